The van der Waals surface area contributed by atoms with Gasteiger partial charge in [-0.25, -0.2) is 9.37 Å². The van der Waals surface area contributed by atoms with Crippen molar-refractivity contribution >= 4 is 17.8 Å². The minimum atomic E-state index is -1.18. The lowest BCUT2D eigenvalue weighted by atomic mass is 9.32. The van der Waals surface area contributed by atoms with E-state index in [1.807, 2.05) is 6.20 Å². The van der Waals surface area contributed by atoms with Crippen LogP contribution in [0.2, 0.25) is 0 Å². The topological polar surface area (TPSA) is 131 Å². The van der Waals surface area contributed by atoms with Crippen molar-refractivity contribution in [3.63, 3.8) is 0 Å². The van der Waals surface area contributed by atoms with Gasteiger partial charge in [0.05, 0.1) is 48.3 Å². The van der Waals surface area contributed by atoms with Crippen LogP contribution in [0.4, 0.5) is 4.39 Å². The normalized spacial score (nSPS) is 38.2. The molecular formula is C52H74FN3O7. The molecule has 346 valence electrons. The van der Waals surface area contributed by atoms with Crippen LogP contribution >= 0.6 is 0 Å². The van der Waals surface area contributed by atoms with Crippen LogP contribution in [-0.4, -0.2) is 76.9 Å². The van der Waals surface area contributed by atoms with Gasteiger partial charge in [0.15, 0.2) is 0 Å². The molecule has 2 heterocycles. The van der Waals surface area contributed by atoms with E-state index < -0.39 is 22.8 Å². The summed E-state index contributed by atoms with van der Waals surface area (Å²) < 4.78 is 31.8. The maximum Gasteiger partial charge on any atom is 0.309 e. The Hall–Kier alpha value is -3.57. The van der Waals surface area contributed by atoms with Gasteiger partial charge in [-0.2, -0.15) is 0 Å². The van der Waals surface area contributed by atoms with Crippen molar-refractivity contribution in [2.45, 2.75) is 151 Å². The molecule has 5 aliphatic carbocycles. The van der Waals surface area contributed by atoms with Crippen LogP contribution in [0.5, 0.6) is 0 Å². The molecule has 1 aliphatic heterocycles. The zero-order valence-electron chi connectivity index (χ0n) is 39.5. The number of halogens is 1. The summed E-state index contributed by atoms with van der Waals surface area (Å²) in [7, 11) is 1.67. The van der Waals surface area contributed by atoms with E-state index >= 15 is 4.79 Å². The lowest BCUT2D eigenvalue weighted by Crippen LogP contribution is -2.67. The van der Waals surface area contributed by atoms with Crippen molar-refractivity contribution in [2.24, 2.45) is 62.1 Å². The molecule has 0 radical (unpaired) electrons. The summed E-state index contributed by atoms with van der Waals surface area (Å²) in [5.74, 6) is 0.934. The lowest BCUT2D eigenvalue weighted by Gasteiger charge is -2.73. The van der Waals surface area contributed by atoms with E-state index in [0.717, 1.165) is 81.3 Å². The molecule has 5 saturated carbocycles. The Balaban J connectivity index is 1.07. The van der Waals surface area contributed by atoms with Gasteiger partial charge in [-0.15, -0.1) is 0 Å². The first-order chi connectivity index (χ1) is 29.6. The van der Waals surface area contributed by atoms with Gasteiger partial charge in [0.2, 0.25) is 5.91 Å². The number of aromatic amines is 1. The second kappa shape index (κ2) is 16.4. The maximum atomic E-state index is 15.9. The number of ether oxygens (including phenoxy) is 3. The third kappa shape index (κ3) is 7.41. The summed E-state index contributed by atoms with van der Waals surface area (Å²) in [6.45, 7) is 23.7. The molecule has 0 bridgehead atoms. The van der Waals surface area contributed by atoms with Crippen LogP contribution in [0, 0.1) is 67.9 Å². The van der Waals surface area contributed by atoms with Crippen LogP contribution in [0.1, 0.15) is 144 Å². The van der Waals surface area contributed by atoms with Gasteiger partial charge in [-0.3, -0.25) is 14.4 Å². The highest BCUT2D eigenvalue weighted by atomic mass is 19.1. The average molecular weight is 872 g/mol. The second-order valence-electron chi connectivity index (χ2n) is 22.9. The number of esters is 1. The Morgan fingerprint density at radius 3 is 2.35 bits per heavy atom. The molecule has 1 amide bonds. The predicted octanol–water partition coefficient (Wildman–Crippen LogP) is 10.6. The molecule has 11 heteroatoms. The van der Waals surface area contributed by atoms with Gasteiger partial charge >= 0.3 is 11.9 Å². The number of methoxy groups -OCH3 is 1. The number of carboxylic acids is 1. The Bertz CT molecular complexity index is 2080. The molecule has 12 atom stereocenters. The number of aromatic nitrogens is 2. The Labute approximate surface area is 374 Å². The summed E-state index contributed by atoms with van der Waals surface area (Å²) >= 11 is 0. The number of fused-ring (bicyclic) bond motifs is 7. The monoisotopic (exact) mass is 872 g/mol. The zero-order chi connectivity index (χ0) is 45.5. The number of carbonyl (C=O) groups is 3. The van der Waals surface area contributed by atoms with Crippen molar-refractivity contribution < 1.29 is 38.1 Å². The molecule has 8 rings (SSSR count). The zero-order valence-corrected chi connectivity index (χ0v) is 39.5. The van der Waals surface area contributed by atoms with Crippen molar-refractivity contribution in [3.05, 3.63) is 54.3 Å². The summed E-state index contributed by atoms with van der Waals surface area (Å²) in [5.41, 5.74) is 0.918. The van der Waals surface area contributed by atoms with Crippen LogP contribution in [0.25, 0.3) is 11.3 Å². The number of benzene rings is 1. The molecule has 0 unspecified atom stereocenters. The second-order valence-corrected chi connectivity index (χ2v) is 22.9. The first-order valence-electron chi connectivity index (χ1n) is 23.9. The molecule has 10 nitrogen and oxygen atoms in total. The van der Waals surface area contributed by atoms with E-state index in [0.29, 0.717) is 43.9 Å². The van der Waals surface area contributed by atoms with Gasteiger partial charge < -0.3 is 29.2 Å². The lowest BCUT2D eigenvalue weighted by molar-refractivity contribution is -0.250. The largest absolute Gasteiger partial charge is 0.481 e. The fourth-order valence-corrected chi connectivity index (χ4v) is 15.6. The van der Waals surface area contributed by atoms with Crippen molar-refractivity contribution in [2.75, 3.05) is 26.9 Å². The number of rotatable bonds is 12. The fraction of sp³-hybridized carbons (Fsp3) is 0.731. The highest BCUT2D eigenvalue weighted by Gasteiger charge is 2.72. The highest BCUT2D eigenvalue weighted by Crippen LogP contribution is 2.78. The van der Waals surface area contributed by atoms with Crippen LogP contribution in [-0.2, 0) is 28.6 Å². The standard InChI is InChI=1S/C52H74FN3O7/c1-31(2)35-17-22-52(45(58)56-30-34(62-26-25-61-10)27-38(56)44-54-29-37(55-44)32-11-13-33(53)14-12-32)24-23-50(8)36(43(35)52)15-16-40-49(7)20-19-41(63-42(57)28-47(3,4)46(59)60)48(5,6)39(49)18-21-51(40,50)9/h11-14,29,34-36,38-41,43H,1,15-28,30H2,2-10H3,(H,54,55)(H,59,60)/t34-,35+,36-,38+,39+,40-,41+,43-,49+,50-,51-,52+/m1/s1. The number of hydrogen-bond acceptors (Lipinski definition) is 7. The number of imidazole rings is 1. The molecule has 2 aromatic rings. The summed E-state index contributed by atoms with van der Waals surface area (Å²) in [6.07, 6.45) is 11.7. The SMILES string of the molecule is C=C(C)[C@@H]1CC[C@]2(C(=O)N3C[C@H](OCCOC)C[C@H]3c3nc(-c4ccc(F)cc4)c[nH]3)CC[C@]3(C)[C@H](CC[C@@H]4[C@@]5(C)CC[C@H](OC(=O)CC(C)(C)C(=O)O)C(C)(C)[C@@H]5CC[C@]43C)[C@@H]12. The summed E-state index contributed by atoms with van der Waals surface area (Å²) in [6, 6.07) is 6.09. The average Bonchev–Trinajstić information content (AvgIpc) is 3.97. The number of hydrogen-bond donors (Lipinski definition) is 2. The minimum Gasteiger partial charge on any atom is -0.481 e. The smallest absolute Gasteiger partial charge is 0.309 e. The molecular weight excluding hydrogens is 798 g/mol. The number of nitrogens with zero attached hydrogens (tertiary/aromatic N) is 2. The van der Waals surface area contributed by atoms with E-state index in [1.165, 1.54) is 17.7 Å². The van der Waals surface area contributed by atoms with E-state index in [4.69, 9.17) is 19.2 Å². The van der Waals surface area contributed by atoms with Crippen LogP contribution in [0.3, 0.4) is 0 Å². The van der Waals surface area contributed by atoms with Crippen molar-refractivity contribution in [1.29, 1.82) is 0 Å². The van der Waals surface area contributed by atoms with Gasteiger partial charge in [-0.05, 0) is 155 Å². The first-order valence-corrected chi connectivity index (χ1v) is 23.9. The molecule has 1 saturated heterocycles. The molecule has 6 aliphatic rings. The van der Waals surface area contributed by atoms with E-state index in [2.05, 4.69) is 58.0 Å². The Kier molecular flexibility index (Phi) is 12.0. The summed E-state index contributed by atoms with van der Waals surface area (Å²) in [4.78, 5) is 51.5. The number of aliphatic carboxylic acids is 1. The van der Waals surface area contributed by atoms with Crippen molar-refractivity contribution in [3.8, 4) is 11.3 Å². The predicted molar refractivity (Wildman–Crippen MR) is 240 cm³/mol. The highest BCUT2D eigenvalue weighted by molar-refractivity contribution is 5.85. The molecule has 1 aromatic carbocycles. The van der Waals surface area contributed by atoms with Gasteiger partial charge in [0.25, 0.3) is 0 Å². The van der Waals surface area contributed by atoms with Gasteiger partial charge in [0, 0.05) is 37.3 Å². The Morgan fingerprint density at radius 1 is 0.937 bits per heavy atom. The van der Waals surface area contributed by atoms with E-state index in [1.54, 1.807) is 33.1 Å². The van der Waals surface area contributed by atoms with Crippen molar-refractivity contribution in [1.82, 2.24) is 14.9 Å². The molecule has 63 heavy (non-hydrogen) atoms. The number of amides is 1. The third-order valence-electron chi connectivity index (χ3n) is 19.1. The third-order valence-corrected chi connectivity index (χ3v) is 19.1. The number of likely N-dealkylation sites (tertiary alicyclic amines) is 1. The molecule has 1 aromatic heterocycles. The maximum absolute atomic E-state index is 15.9. The van der Waals surface area contributed by atoms with Gasteiger partial charge in [-0.1, -0.05) is 46.8 Å². The number of carbonyl (C=O) groups excluding carboxylic acids is 2. The van der Waals surface area contributed by atoms with Crippen LogP contribution < -0.4 is 0 Å². The number of allylic oxidation sites excluding steroid dienone is 1. The molecule has 0 spiro atoms. The number of carboxylic acid groups (broad SMARTS) is 1. The quantitative estimate of drug-likeness (QED) is 0.122. The van der Waals surface area contributed by atoms with Crippen LogP contribution in [0.15, 0.2) is 42.6 Å². The van der Waals surface area contributed by atoms with Gasteiger partial charge in [0.1, 0.15) is 17.7 Å². The number of H-pyrrole nitrogens is 1. The van der Waals surface area contributed by atoms with E-state index in [-0.39, 0.29) is 69.9 Å². The number of nitrogens with one attached hydrogen (secondary N) is 1. The fourth-order valence-electron chi connectivity index (χ4n) is 15.6. The van der Waals surface area contributed by atoms with E-state index in [9.17, 15) is 19.1 Å². The molecule has 2 N–H and O–H groups in total. The summed E-state index contributed by atoms with van der Waals surface area (Å²) in [5, 5.41) is 9.69. The Morgan fingerprint density at radius 2 is 1.67 bits per heavy atom. The first kappa shape index (κ1) is 46.0. The minimum absolute atomic E-state index is 0.0214. The molecule has 6 fully saturated rings.